The summed E-state index contributed by atoms with van der Waals surface area (Å²) >= 11 is 0. The lowest BCUT2D eigenvalue weighted by Gasteiger charge is -2.27. The van der Waals surface area contributed by atoms with E-state index in [2.05, 4.69) is 60.3 Å². The molecule has 2 amide bonds. The summed E-state index contributed by atoms with van der Waals surface area (Å²) in [5.41, 5.74) is 2.34. The van der Waals surface area contributed by atoms with Crippen molar-refractivity contribution in [3.8, 4) is 11.5 Å². The van der Waals surface area contributed by atoms with Crippen molar-refractivity contribution in [3.05, 3.63) is 59.7 Å². The summed E-state index contributed by atoms with van der Waals surface area (Å²) in [5, 5.41) is 6.99. The highest BCUT2D eigenvalue weighted by Crippen LogP contribution is 2.18. The summed E-state index contributed by atoms with van der Waals surface area (Å²) in [4.78, 5) is 30.1. The Morgan fingerprint density at radius 1 is 0.540 bits per heavy atom. The number of para-hydroxylation sites is 2. The van der Waals surface area contributed by atoms with Gasteiger partial charge in [0.1, 0.15) is 11.5 Å². The normalized spacial score (nSPS) is 11.3. The van der Waals surface area contributed by atoms with Crippen molar-refractivity contribution in [1.82, 2.24) is 20.4 Å². The molecular formula is C42H70N4O4. The molecule has 282 valence electrons. The molecule has 0 spiro atoms. The maximum atomic E-state index is 13.0. The molecule has 0 aliphatic rings. The van der Waals surface area contributed by atoms with Crippen LogP contribution in [0.5, 0.6) is 11.5 Å². The minimum atomic E-state index is 0.241. The average Bonchev–Trinajstić information content (AvgIpc) is 3.11. The smallest absolute Gasteiger partial charge is 0.222 e. The monoisotopic (exact) mass is 695 g/mol. The SMILES string of the molecule is COc1ccccc1CNCCCCCC(=O)N(CCCCCCCCN(C(=O)CCCCCNCc1ccccc1OC)C(C)C)C(C)C. The third kappa shape index (κ3) is 17.7. The van der Waals surface area contributed by atoms with E-state index in [-0.39, 0.29) is 12.1 Å². The summed E-state index contributed by atoms with van der Waals surface area (Å²) in [7, 11) is 3.42. The van der Waals surface area contributed by atoms with E-state index in [4.69, 9.17) is 9.47 Å². The Bertz CT molecular complexity index is 1100. The van der Waals surface area contributed by atoms with Crippen molar-refractivity contribution in [2.75, 3.05) is 40.4 Å². The number of nitrogens with zero attached hydrogens (tertiary/aromatic N) is 2. The molecule has 8 heteroatoms. The number of carbonyl (C=O) groups is 2. The number of carbonyl (C=O) groups excluding carboxylic acids is 2. The number of benzene rings is 2. The van der Waals surface area contributed by atoms with Gasteiger partial charge < -0.3 is 29.9 Å². The molecule has 2 N–H and O–H groups in total. The lowest BCUT2D eigenvalue weighted by Crippen LogP contribution is -2.37. The van der Waals surface area contributed by atoms with Crippen LogP contribution in [0, 0.1) is 0 Å². The van der Waals surface area contributed by atoms with Crippen molar-refractivity contribution >= 4 is 11.8 Å². The van der Waals surface area contributed by atoms with Gasteiger partial charge in [0.15, 0.2) is 0 Å². The van der Waals surface area contributed by atoms with Crippen molar-refractivity contribution in [3.63, 3.8) is 0 Å². The topological polar surface area (TPSA) is 83.1 Å². The Labute approximate surface area is 305 Å². The summed E-state index contributed by atoms with van der Waals surface area (Å²) in [6, 6.07) is 16.7. The first kappa shape index (κ1) is 43.1. The molecule has 2 aromatic rings. The van der Waals surface area contributed by atoms with Crippen molar-refractivity contribution < 1.29 is 19.1 Å². The molecule has 0 bridgehead atoms. The predicted octanol–water partition coefficient (Wildman–Crippen LogP) is 8.52. The molecule has 0 aromatic heterocycles. The zero-order valence-electron chi connectivity index (χ0n) is 32.4. The van der Waals surface area contributed by atoms with Crippen molar-refractivity contribution in [2.24, 2.45) is 0 Å². The number of hydrogen-bond acceptors (Lipinski definition) is 6. The third-order valence-electron chi connectivity index (χ3n) is 9.44. The predicted molar refractivity (Wildman–Crippen MR) is 208 cm³/mol. The zero-order valence-corrected chi connectivity index (χ0v) is 32.4. The molecule has 2 aromatic carbocycles. The van der Waals surface area contributed by atoms with Gasteiger partial charge in [0.05, 0.1) is 14.2 Å². The van der Waals surface area contributed by atoms with Crippen LogP contribution in [0.1, 0.15) is 129 Å². The Balaban J connectivity index is 1.49. The highest BCUT2D eigenvalue weighted by molar-refractivity contribution is 5.76. The van der Waals surface area contributed by atoms with Gasteiger partial charge in [0.25, 0.3) is 0 Å². The van der Waals surface area contributed by atoms with E-state index < -0.39 is 0 Å². The van der Waals surface area contributed by atoms with E-state index in [1.54, 1.807) is 14.2 Å². The maximum Gasteiger partial charge on any atom is 0.222 e. The first-order valence-electron chi connectivity index (χ1n) is 19.5. The van der Waals surface area contributed by atoms with Crippen LogP contribution in [0.25, 0.3) is 0 Å². The molecule has 0 unspecified atom stereocenters. The highest BCUT2D eigenvalue weighted by atomic mass is 16.5. The molecule has 2 rings (SSSR count). The molecule has 0 saturated carbocycles. The molecule has 0 aliphatic carbocycles. The van der Waals surface area contributed by atoms with E-state index >= 15 is 0 Å². The Morgan fingerprint density at radius 2 is 0.900 bits per heavy atom. The number of unbranched alkanes of at least 4 members (excludes halogenated alkanes) is 9. The first-order valence-corrected chi connectivity index (χ1v) is 19.5. The summed E-state index contributed by atoms with van der Waals surface area (Å²) in [5.74, 6) is 2.43. The summed E-state index contributed by atoms with van der Waals surface area (Å²) < 4.78 is 10.8. The van der Waals surface area contributed by atoms with Crippen LogP contribution in [0.3, 0.4) is 0 Å². The van der Waals surface area contributed by atoms with Gasteiger partial charge in [-0.25, -0.2) is 0 Å². The van der Waals surface area contributed by atoms with E-state index in [1.807, 2.05) is 36.4 Å². The number of hydrogen-bond donors (Lipinski definition) is 2. The van der Waals surface area contributed by atoms with Gasteiger partial charge in [-0.3, -0.25) is 9.59 Å². The minimum Gasteiger partial charge on any atom is -0.496 e. The zero-order chi connectivity index (χ0) is 36.4. The van der Waals surface area contributed by atoms with Crippen LogP contribution >= 0.6 is 0 Å². The average molecular weight is 695 g/mol. The van der Waals surface area contributed by atoms with Crippen LogP contribution in [0.2, 0.25) is 0 Å². The van der Waals surface area contributed by atoms with Gasteiger partial charge in [-0.15, -0.1) is 0 Å². The van der Waals surface area contributed by atoms with Gasteiger partial charge in [-0.1, -0.05) is 74.9 Å². The summed E-state index contributed by atoms with van der Waals surface area (Å²) in [6.45, 7) is 13.7. The second-order valence-corrected chi connectivity index (χ2v) is 14.1. The van der Waals surface area contributed by atoms with Gasteiger partial charge in [-0.2, -0.15) is 0 Å². The Kier molecular flexibility index (Phi) is 23.0. The van der Waals surface area contributed by atoms with Crippen molar-refractivity contribution in [2.45, 2.75) is 143 Å². The highest BCUT2D eigenvalue weighted by Gasteiger charge is 2.17. The second-order valence-electron chi connectivity index (χ2n) is 14.1. The van der Waals surface area contributed by atoms with Gasteiger partial charge in [0, 0.05) is 62.2 Å². The molecule has 50 heavy (non-hydrogen) atoms. The second kappa shape index (κ2) is 26.7. The van der Waals surface area contributed by atoms with E-state index in [1.165, 1.54) is 24.0 Å². The van der Waals surface area contributed by atoms with E-state index in [9.17, 15) is 9.59 Å². The van der Waals surface area contributed by atoms with Gasteiger partial charge in [0.2, 0.25) is 11.8 Å². The number of nitrogens with one attached hydrogen (secondary N) is 2. The number of ether oxygens (including phenoxy) is 2. The molecule has 0 atom stereocenters. The third-order valence-corrected chi connectivity index (χ3v) is 9.44. The van der Waals surface area contributed by atoms with Gasteiger partial charge >= 0.3 is 0 Å². The lowest BCUT2D eigenvalue weighted by atomic mass is 10.1. The number of amides is 2. The van der Waals surface area contributed by atoms with Crippen molar-refractivity contribution in [1.29, 1.82) is 0 Å². The molecule has 0 saturated heterocycles. The molecular weight excluding hydrogens is 624 g/mol. The van der Waals surface area contributed by atoms with Crippen LogP contribution in [0.4, 0.5) is 0 Å². The molecule has 0 heterocycles. The van der Waals surface area contributed by atoms with Crippen LogP contribution < -0.4 is 20.1 Å². The Hall–Kier alpha value is -3.10. The largest absolute Gasteiger partial charge is 0.496 e. The molecule has 0 aliphatic heterocycles. The maximum absolute atomic E-state index is 13.0. The quantitative estimate of drug-likeness (QED) is 0.0832. The fourth-order valence-electron chi connectivity index (χ4n) is 6.45. The first-order chi connectivity index (χ1) is 24.3. The minimum absolute atomic E-state index is 0.241. The van der Waals surface area contributed by atoms with Crippen LogP contribution in [-0.4, -0.2) is 74.1 Å². The fraction of sp³-hybridized carbons (Fsp3) is 0.667. The number of methoxy groups -OCH3 is 2. The Morgan fingerprint density at radius 3 is 1.28 bits per heavy atom. The molecule has 0 fully saturated rings. The number of rotatable bonds is 29. The van der Waals surface area contributed by atoms with E-state index in [0.717, 1.165) is 115 Å². The molecule has 8 nitrogen and oxygen atoms in total. The fourth-order valence-corrected chi connectivity index (χ4v) is 6.45. The van der Waals surface area contributed by atoms with Crippen LogP contribution in [-0.2, 0) is 22.7 Å². The standard InChI is InChI=1S/C42H70N4O4/c1-35(2)45(41(47)27-13-11-19-29-43-33-37-23-15-17-25-39(37)49-5)31-21-9-7-8-10-22-32-46(36(3)4)42(48)28-14-12-20-30-44-34-38-24-16-18-26-40(38)50-6/h15-18,23-26,35-36,43-44H,7-14,19-22,27-34H2,1-6H3. The molecule has 0 radical (unpaired) electrons. The lowest BCUT2D eigenvalue weighted by molar-refractivity contribution is -0.134. The summed E-state index contributed by atoms with van der Waals surface area (Å²) in [6.07, 6.45) is 14.2. The van der Waals surface area contributed by atoms with Gasteiger partial charge in [-0.05, 0) is 91.4 Å². The van der Waals surface area contributed by atoms with Crippen LogP contribution in [0.15, 0.2) is 48.5 Å². The van der Waals surface area contributed by atoms with E-state index in [0.29, 0.717) is 24.7 Å².